The Labute approximate surface area is 74.7 Å². The first kappa shape index (κ1) is 9.72. The van der Waals surface area contributed by atoms with Crippen LogP contribution in [0.25, 0.3) is 0 Å². The molecule has 1 fully saturated rings. The van der Waals surface area contributed by atoms with E-state index < -0.39 is 0 Å². The molecule has 1 heterocycles. The molecule has 12 heavy (non-hydrogen) atoms. The third-order valence-electron chi connectivity index (χ3n) is 2.44. The maximum absolute atomic E-state index is 11.3. The van der Waals surface area contributed by atoms with Gasteiger partial charge in [-0.2, -0.15) is 0 Å². The summed E-state index contributed by atoms with van der Waals surface area (Å²) in [7, 11) is 0. The average molecular weight is 169 g/mol. The van der Waals surface area contributed by atoms with E-state index >= 15 is 0 Å². The van der Waals surface area contributed by atoms with E-state index in [1.165, 1.54) is 12.8 Å². The third-order valence-corrected chi connectivity index (χ3v) is 2.44. The van der Waals surface area contributed by atoms with Crippen LogP contribution in [0, 0.1) is 5.92 Å². The van der Waals surface area contributed by atoms with Gasteiger partial charge in [0.05, 0.1) is 0 Å². The largest absolute Gasteiger partial charge is 0.316 e. The minimum Gasteiger partial charge on any atom is -0.316 e. The second-order valence-corrected chi connectivity index (χ2v) is 3.71. The van der Waals surface area contributed by atoms with Crippen LogP contribution >= 0.6 is 0 Å². The minimum absolute atomic E-state index is 0.450. The van der Waals surface area contributed by atoms with Crippen molar-refractivity contribution in [2.24, 2.45) is 5.92 Å². The van der Waals surface area contributed by atoms with Crippen LogP contribution in [0.3, 0.4) is 0 Å². The second kappa shape index (κ2) is 5.31. The zero-order valence-electron chi connectivity index (χ0n) is 7.94. The second-order valence-electron chi connectivity index (χ2n) is 3.71. The number of ketones is 1. The van der Waals surface area contributed by atoms with E-state index in [4.69, 9.17) is 0 Å². The lowest BCUT2D eigenvalue weighted by Gasteiger charge is -2.21. The molecule has 1 N–H and O–H groups in total. The van der Waals surface area contributed by atoms with Gasteiger partial charge in [-0.1, -0.05) is 6.92 Å². The molecule has 0 spiro atoms. The molecule has 0 saturated carbocycles. The van der Waals surface area contributed by atoms with Crippen LogP contribution in [0.2, 0.25) is 0 Å². The van der Waals surface area contributed by atoms with Gasteiger partial charge in [-0.25, -0.2) is 0 Å². The minimum atomic E-state index is 0.450. The molecule has 2 nitrogen and oxygen atoms in total. The lowest BCUT2D eigenvalue weighted by atomic mass is 9.93. The fraction of sp³-hybridized carbons (Fsp3) is 0.900. The molecule has 0 aromatic carbocycles. The molecule has 1 aliphatic heterocycles. The Hall–Kier alpha value is -0.370. The summed E-state index contributed by atoms with van der Waals surface area (Å²) in [5.74, 6) is 1.07. The predicted molar refractivity (Wildman–Crippen MR) is 50.1 cm³/mol. The zero-order valence-corrected chi connectivity index (χ0v) is 7.94. The Bertz CT molecular complexity index is 139. The predicted octanol–water partition coefficient (Wildman–Crippen LogP) is 1.75. The van der Waals surface area contributed by atoms with Gasteiger partial charge in [-0.05, 0) is 38.3 Å². The molecule has 2 heteroatoms. The van der Waals surface area contributed by atoms with Crippen LogP contribution in [-0.4, -0.2) is 18.9 Å². The number of carbonyl (C=O) groups excluding carboxylic acids is 1. The van der Waals surface area contributed by atoms with Crippen molar-refractivity contribution in [3.8, 4) is 0 Å². The van der Waals surface area contributed by atoms with E-state index in [0.717, 1.165) is 32.4 Å². The molecule has 0 bridgehead atoms. The summed E-state index contributed by atoms with van der Waals surface area (Å²) in [6.45, 7) is 4.25. The Morgan fingerprint density at radius 3 is 3.00 bits per heavy atom. The molecule has 1 saturated heterocycles. The van der Waals surface area contributed by atoms with Crippen LogP contribution in [-0.2, 0) is 4.79 Å². The topological polar surface area (TPSA) is 29.1 Å². The molecule has 0 aromatic heterocycles. The van der Waals surface area contributed by atoms with Crippen LogP contribution in [0.5, 0.6) is 0 Å². The van der Waals surface area contributed by atoms with E-state index in [2.05, 4.69) is 12.2 Å². The van der Waals surface area contributed by atoms with E-state index in [1.54, 1.807) is 0 Å². The first-order valence-electron chi connectivity index (χ1n) is 5.05. The number of rotatable bonds is 4. The van der Waals surface area contributed by atoms with Crippen molar-refractivity contribution in [1.82, 2.24) is 5.32 Å². The van der Waals surface area contributed by atoms with Gasteiger partial charge in [0.2, 0.25) is 0 Å². The molecule has 1 aliphatic rings. The van der Waals surface area contributed by atoms with Crippen molar-refractivity contribution in [2.75, 3.05) is 13.1 Å². The Morgan fingerprint density at radius 1 is 1.58 bits per heavy atom. The number of carbonyl (C=O) groups is 1. The molecule has 0 unspecified atom stereocenters. The first-order valence-corrected chi connectivity index (χ1v) is 5.05. The molecule has 70 valence electrons. The van der Waals surface area contributed by atoms with Gasteiger partial charge in [0.1, 0.15) is 5.78 Å². The summed E-state index contributed by atoms with van der Waals surface area (Å²) >= 11 is 0. The van der Waals surface area contributed by atoms with Crippen LogP contribution in [0.1, 0.15) is 39.0 Å². The fourth-order valence-electron chi connectivity index (χ4n) is 1.80. The summed E-state index contributed by atoms with van der Waals surface area (Å²) in [6.07, 6.45) is 5.06. The average Bonchev–Trinajstić information content (AvgIpc) is 2.06. The van der Waals surface area contributed by atoms with E-state index in [-0.39, 0.29) is 0 Å². The number of hydrogen-bond donors (Lipinski definition) is 1. The van der Waals surface area contributed by atoms with Crippen molar-refractivity contribution >= 4 is 5.78 Å². The maximum atomic E-state index is 11.3. The Morgan fingerprint density at radius 2 is 2.42 bits per heavy atom. The monoisotopic (exact) mass is 169 g/mol. The maximum Gasteiger partial charge on any atom is 0.133 e. The third kappa shape index (κ3) is 3.35. The molecule has 0 aliphatic carbocycles. The summed E-state index contributed by atoms with van der Waals surface area (Å²) in [6, 6.07) is 0. The van der Waals surface area contributed by atoms with Crippen LogP contribution < -0.4 is 5.32 Å². The highest BCUT2D eigenvalue weighted by Gasteiger charge is 2.15. The van der Waals surface area contributed by atoms with Gasteiger partial charge in [0, 0.05) is 12.8 Å². The first-order chi connectivity index (χ1) is 5.83. The van der Waals surface area contributed by atoms with Crippen molar-refractivity contribution < 1.29 is 4.79 Å². The van der Waals surface area contributed by atoms with Gasteiger partial charge >= 0.3 is 0 Å². The van der Waals surface area contributed by atoms with Crippen LogP contribution in [0.15, 0.2) is 0 Å². The highest BCUT2D eigenvalue weighted by atomic mass is 16.1. The lowest BCUT2D eigenvalue weighted by molar-refractivity contribution is -0.120. The Kier molecular flexibility index (Phi) is 4.30. The van der Waals surface area contributed by atoms with Gasteiger partial charge < -0.3 is 5.32 Å². The molecular weight excluding hydrogens is 150 g/mol. The number of hydrogen-bond acceptors (Lipinski definition) is 2. The summed E-state index contributed by atoms with van der Waals surface area (Å²) in [5, 5.41) is 3.33. The molecule has 1 atom stereocenters. The van der Waals surface area contributed by atoms with Crippen molar-refractivity contribution in [3.63, 3.8) is 0 Å². The van der Waals surface area contributed by atoms with Crippen LogP contribution in [0.4, 0.5) is 0 Å². The highest BCUT2D eigenvalue weighted by molar-refractivity contribution is 5.78. The highest BCUT2D eigenvalue weighted by Crippen LogP contribution is 2.15. The van der Waals surface area contributed by atoms with Crippen molar-refractivity contribution in [1.29, 1.82) is 0 Å². The molecule has 1 rings (SSSR count). The molecule has 0 amide bonds. The smallest absolute Gasteiger partial charge is 0.133 e. The normalized spacial score (nSPS) is 23.9. The van der Waals surface area contributed by atoms with Crippen molar-refractivity contribution in [3.05, 3.63) is 0 Å². The molecule has 0 radical (unpaired) electrons. The lowest BCUT2D eigenvalue weighted by Crippen LogP contribution is -2.30. The fourth-order valence-corrected chi connectivity index (χ4v) is 1.80. The van der Waals surface area contributed by atoms with Gasteiger partial charge in [-0.15, -0.1) is 0 Å². The molecule has 0 aromatic rings. The van der Waals surface area contributed by atoms with Gasteiger partial charge in [0.25, 0.3) is 0 Å². The SMILES string of the molecule is CCCC(=O)C[C@@H]1CCCNC1. The summed E-state index contributed by atoms with van der Waals surface area (Å²) in [4.78, 5) is 11.3. The summed E-state index contributed by atoms with van der Waals surface area (Å²) < 4.78 is 0. The summed E-state index contributed by atoms with van der Waals surface area (Å²) in [5.41, 5.74) is 0. The quantitative estimate of drug-likeness (QED) is 0.694. The number of nitrogens with one attached hydrogen (secondary N) is 1. The van der Waals surface area contributed by atoms with Gasteiger partial charge in [-0.3, -0.25) is 4.79 Å². The zero-order chi connectivity index (χ0) is 8.81. The number of piperidine rings is 1. The van der Waals surface area contributed by atoms with E-state index in [1.807, 2.05) is 0 Å². The Balaban J connectivity index is 2.15. The molecular formula is C10H19NO. The van der Waals surface area contributed by atoms with E-state index in [0.29, 0.717) is 11.7 Å². The van der Waals surface area contributed by atoms with Crippen molar-refractivity contribution in [2.45, 2.75) is 39.0 Å². The number of Topliss-reactive ketones (excluding diaryl/α,β-unsaturated/α-hetero) is 1. The van der Waals surface area contributed by atoms with E-state index in [9.17, 15) is 4.79 Å². The standard InChI is InChI=1S/C10H19NO/c1-2-4-10(12)7-9-5-3-6-11-8-9/h9,11H,2-8H2,1H3/t9-/m0/s1. The van der Waals surface area contributed by atoms with Gasteiger partial charge in [0.15, 0.2) is 0 Å².